The van der Waals surface area contributed by atoms with E-state index in [4.69, 9.17) is 0 Å². The fourth-order valence-corrected chi connectivity index (χ4v) is 4.69. The first-order valence-corrected chi connectivity index (χ1v) is 9.17. The van der Waals surface area contributed by atoms with Crippen molar-refractivity contribution in [3.05, 3.63) is 0 Å². The molecule has 0 bridgehead atoms. The summed E-state index contributed by atoms with van der Waals surface area (Å²) in [6.07, 6.45) is 10.9. The van der Waals surface area contributed by atoms with Crippen LogP contribution in [0.15, 0.2) is 0 Å². The molecule has 3 aliphatic rings. The molecule has 3 heteroatoms. The molecule has 3 nitrogen and oxygen atoms in total. The summed E-state index contributed by atoms with van der Waals surface area (Å²) in [6.45, 7) is 6.67. The first-order chi connectivity index (χ1) is 9.98. The van der Waals surface area contributed by atoms with Crippen LogP contribution in [0.25, 0.3) is 0 Å². The SMILES string of the molecule is CC1(C)CCC(O)(CNC2CCCC2C2CCCN2)CC1. The van der Waals surface area contributed by atoms with Crippen molar-refractivity contribution >= 4 is 0 Å². The van der Waals surface area contributed by atoms with Gasteiger partial charge in [-0.1, -0.05) is 20.3 Å². The Hall–Kier alpha value is -0.120. The Kier molecular flexibility index (Phi) is 4.63. The molecule has 0 amide bonds. The van der Waals surface area contributed by atoms with Gasteiger partial charge in [-0.05, 0) is 69.2 Å². The lowest BCUT2D eigenvalue weighted by atomic mass is 9.71. The molecule has 0 radical (unpaired) electrons. The van der Waals surface area contributed by atoms with Crippen molar-refractivity contribution in [2.45, 2.75) is 89.3 Å². The van der Waals surface area contributed by atoms with Gasteiger partial charge in [-0.3, -0.25) is 0 Å². The Morgan fingerprint density at radius 3 is 2.48 bits per heavy atom. The third-order valence-electron chi connectivity index (χ3n) is 6.41. The zero-order valence-electron chi connectivity index (χ0n) is 14.0. The summed E-state index contributed by atoms with van der Waals surface area (Å²) in [5.41, 5.74) is -0.0261. The zero-order chi connectivity index (χ0) is 14.9. The molecule has 0 spiro atoms. The highest BCUT2D eigenvalue weighted by Crippen LogP contribution is 2.40. The fraction of sp³-hybridized carbons (Fsp3) is 1.00. The number of nitrogens with one attached hydrogen (secondary N) is 2. The van der Waals surface area contributed by atoms with E-state index in [1.54, 1.807) is 0 Å². The largest absolute Gasteiger partial charge is 0.389 e. The third kappa shape index (κ3) is 3.80. The van der Waals surface area contributed by atoms with E-state index in [9.17, 15) is 5.11 Å². The van der Waals surface area contributed by atoms with Gasteiger partial charge in [-0.25, -0.2) is 0 Å². The first-order valence-electron chi connectivity index (χ1n) is 9.17. The predicted octanol–water partition coefficient (Wildman–Crippen LogP) is 2.83. The van der Waals surface area contributed by atoms with Crippen LogP contribution in [0.3, 0.4) is 0 Å². The van der Waals surface area contributed by atoms with Gasteiger partial charge in [0.1, 0.15) is 0 Å². The van der Waals surface area contributed by atoms with Crippen LogP contribution >= 0.6 is 0 Å². The highest BCUT2D eigenvalue weighted by atomic mass is 16.3. The molecule has 2 aliphatic carbocycles. The van der Waals surface area contributed by atoms with E-state index in [2.05, 4.69) is 24.5 Å². The molecule has 1 heterocycles. The molecule has 1 aliphatic heterocycles. The van der Waals surface area contributed by atoms with Crippen LogP contribution in [0.4, 0.5) is 0 Å². The summed E-state index contributed by atoms with van der Waals surface area (Å²) >= 11 is 0. The topological polar surface area (TPSA) is 44.3 Å². The van der Waals surface area contributed by atoms with Gasteiger partial charge in [0.15, 0.2) is 0 Å². The lowest BCUT2D eigenvalue weighted by Crippen LogP contribution is -2.50. The second-order valence-electron chi connectivity index (χ2n) is 8.67. The third-order valence-corrected chi connectivity index (χ3v) is 6.41. The maximum absolute atomic E-state index is 10.8. The van der Waals surface area contributed by atoms with Gasteiger partial charge in [0.2, 0.25) is 0 Å². The van der Waals surface area contributed by atoms with Gasteiger partial charge in [-0.15, -0.1) is 0 Å². The Labute approximate surface area is 130 Å². The van der Waals surface area contributed by atoms with Crippen LogP contribution < -0.4 is 10.6 Å². The summed E-state index contributed by atoms with van der Waals surface area (Å²) < 4.78 is 0. The highest BCUT2D eigenvalue weighted by molar-refractivity contribution is 4.96. The predicted molar refractivity (Wildman–Crippen MR) is 87.4 cm³/mol. The van der Waals surface area contributed by atoms with Gasteiger partial charge in [0.05, 0.1) is 5.60 Å². The van der Waals surface area contributed by atoms with Crippen molar-refractivity contribution in [1.82, 2.24) is 10.6 Å². The molecule has 21 heavy (non-hydrogen) atoms. The molecule has 3 atom stereocenters. The van der Waals surface area contributed by atoms with E-state index >= 15 is 0 Å². The number of hydrogen-bond acceptors (Lipinski definition) is 3. The Morgan fingerprint density at radius 2 is 1.81 bits per heavy atom. The second kappa shape index (κ2) is 6.17. The lowest BCUT2D eigenvalue weighted by molar-refractivity contribution is -0.0270. The first kappa shape index (κ1) is 15.8. The monoisotopic (exact) mass is 294 g/mol. The quantitative estimate of drug-likeness (QED) is 0.747. The van der Waals surface area contributed by atoms with Gasteiger partial charge in [-0.2, -0.15) is 0 Å². The molecular formula is C18H34N2O. The molecule has 0 aromatic heterocycles. The Morgan fingerprint density at radius 1 is 1.05 bits per heavy atom. The van der Waals surface area contributed by atoms with Crippen molar-refractivity contribution in [2.24, 2.45) is 11.3 Å². The normalized spacial score (nSPS) is 38.7. The van der Waals surface area contributed by atoms with Crippen LogP contribution in [-0.4, -0.2) is 35.9 Å². The molecular weight excluding hydrogens is 260 g/mol. The molecule has 0 aromatic carbocycles. The van der Waals surface area contributed by atoms with Crippen molar-refractivity contribution in [3.8, 4) is 0 Å². The number of hydrogen-bond donors (Lipinski definition) is 3. The van der Waals surface area contributed by atoms with Crippen molar-refractivity contribution in [2.75, 3.05) is 13.1 Å². The fourth-order valence-electron chi connectivity index (χ4n) is 4.69. The van der Waals surface area contributed by atoms with Crippen LogP contribution in [0, 0.1) is 11.3 Å². The average Bonchev–Trinajstić information content (AvgIpc) is 3.10. The van der Waals surface area contributed by atoms with Gasteiger partial charge in [0.25, 0.3) is 0 Å². The Bertz CT molecular complexity index is 339. The lowest BCUT2D eigenvalue weighted by Gasteiger charge is -2.41. The van der Waals surface area contributed by atoms with E-state index < -0.39 is 5.60 Å². The van der Waals surface area contributed by atoms with Gasteiger partial charge in [0, 0.05) is 18.6 Å². The minimum Gasteiger partial charge on any atom is -0.389 e. The molecule has 2 saturated carbocycles. The van der Waals surface area contributed by atoms with E-state index in [0.29, 0.717) is 11.5 Å². The molecule has 3 unspecified atom stereocenters. The van der Waals surface area contributed by atoms with Crippen LogP contribution in [-0.2, 0) is 0 Å². The van der Waals surface area contributed by atoms with E-state index in [1.165, 1.54) is 38.6 Å². The average molecular weight is 294 g/mol. The highest BCUT2D eigenvalue weighted by Gasteiger charge is 2.39. The smallest absolute Gasteiger partial charge is 0.0772 e. The Balaban J connectivity index is 1.50. The van der Waals surface area contributed by atoms with Crippen LogP contribution in [0.1, 0.15) is 71.6 Å². The minimum atomic E-state index is -0.453. The molecule has 0 aromatic rings. The standard InChI is InChI=1S/C18H34N2O/c1-17(2)8-10-18(21,11-9-17)13-20-16-6-3-5-14(16)15-7-4-12-19-15/h14-16,19-21H,3-13H2,1-2H3. The van der Waals surface area contributed by atoms with Crippen LogP contribution in [0.5, 0.6) is 0 Å². The second-order valence-corrected chi connectivity index (χ2v) is 8.67. The van der Waals surface area contributed by atoms with E-state index in [0.717, 1.165) is 44.2 Å². The zero-order valence-corrected chi connectivity index (χ0v) is 14.0. The summed E-state index contributed by atoms with van der Waals surface area (Å²) in [4.78, 5) is 0. The molecule has 3 fully saturated rings. The maximum Gasteiger partial charge on any atom is 0.0772 e. The summed E-state index contributed by atoms with van der Waals surface area (Å²) in [5.74, 6) is 0.788. The summed E-state index contributed by atoms with van der Waals surface area (Å²) in [7, 11) is 0. The molecule has 122 valence electrons. The maximum atomic E-state index is 10.8. The number of aliphatic hydroxyl groups is 1. The molecule has 3 N–H and O–H groups in total. The minimum absolute atomic E-state index is 0.426. The van der Waals surface area contributed by atoms with Gasteiger partial charge < -0.3 is 15.7 Å². The van der Waals surface area contributed by atoms with Gasteiger partial charge >= 0.3 is 0 Å². The molecule has 1 saturated heterocycles. The summed E-state index contributed by atoms with van der Waals surface area (Å²) in [5, 5.41) is 18.3. The van der Waals surface area contributed by atoms with Crippen LogP contribution in [0.2, 0.25) is 0 Å². The van der Waals surface area contributed by atoms with E-state index in [-0.39, 0.29) is 0 Å². The number of rotatable bonds is 4. The van der Waals surface area contributed by atoms with Crippen molar-refractivity contribution in [1.29, 1.82) is 0 Å². The summed E-state index contributed by atoms with van der Waals surface area (Å²) in [6, 6.07) is 1.35. The van der Waals surface area contributed by atoms with Crippen molar-refractivity contribution < 1.29 is 5.11 Å². The van der Waals surface area contributed by atoms with Crippen molar-refractivity contribution in [3.63, 3.8) is 0 Å². The molecule has 3 rings (SSSR count). The van der Waals surface area contributed by atoms with E-state index in [1.807, 2.05) is 0 Å².